The van der Waals surface area contributed by atoms with Crippen molar-refractivity contribution in [2.45, 2.75) is 19.4 Å². The van der Waals surface area contributed by atoms with Crippen molar-refractivity contribution in [2.75, 3.05) is 32.7 Å². The first kappa shape index (κ1) is 22.5. The molecule has 1 aliphatic rings. The molecular formula is C22H27FN2O4. The number of carbonyl (C=O) groups is 2. The Morgan fingerprint density at radius 2 is 1.38 bits per heavy atom. The molecule has 1 saturated heterocycles. The van der Waals surface area contributed by atoms with Crippen molar-refractivity contribution in [3.05, 3.63) is 71.5 Å². The van der Waals surface area contributed by atoms with E-state index in [4.69, 9.17) is 19.8 Å². The van der Waals surface area contributed by atoms with Gasteiger partial charge in [-0.15, -0.1) is 0 Å². The molecule has 1 heterocycles. The van der Waals surface area contributed by atoms with Gasteiger partial charge in [0, 0.05) is 38.3 Å². The highest BCUT2D eigenvalue weighted by Gasteiger charge is 2.17. The number of carboxylic acid groups (broad SMARTS) is 2. The molecular weight excluding hydrogens is 375 g/mol. The van der Waals surface area contributed by atoms with E-state index in [1.165, 1.54) is 12.0 Å². The molecule has 29 heavy (non-hydrogen) atoms. The second-order valence-corrected chi connectivity index (χ2v) is 6.91. The molecule has 3 rings (SSSR count). The zero-order valence-corrected chi connectivity index (χ0v) is 16.3. The average Bonchev–Trinajstić information content (AvgIpc) is 2.72. The lowest BCUT2D eigenvalue weighted by molar-refractivity contribution is -0.159. The van der Waals surface area contributed by atoms with Crippen molar-refractivity contribution >= 4 is 11.9 Å². The van der Waals surface area contributed by atoms with Gasteiger partial charge in [-0.2, -0.15) is 0 Å². The van der Waals surface area contributed by atoms with Gasteiger partial charge in [-0.25, -0.2) is 14.0 Å². The maximum Gasteiger partial charge on any atom is 0.414 e. The molecule has 7 heteroatoms. The van der Waals surface area contributed by atoms with E-state index in [0.29, 0.717) is 0 Å². The smallest absolute Gasteiger partial charge is 0.414 e. The predicted molar refractivity (Wildman–Crippen MR) is 108 cm³/mol. The van der Waals surface area contributed by atoms with Crippen molar-refractivity contribution < 1.29 is 24.2 Å². The number of hydrogen-bond acceptors (Lipinski definition) is 4. The van der Waals surface area contributed by atoms with Crippen molar-refractivity contribution in [1.82, 2.24) is 9.80 Å². The van der Waals surface area contributed by atoms with Crippen molar-refractivity contribution in [1.29, 1.82) is 0 Å². The Hall–Kier alpha value is -2.77. The number of aryl methyl sites for hydroxylation is 1. The molecule has 0 saturated carbocycles. The van der Waals surface area contributed by atoms with Crippen LogP contribution in [-0.2, 0) is 22.6 Å². The van der Waals surface area contributed by atoms with Crippen LogP contribution in [0.15, 0.2) is 54.6 Å². The van der Waals surface area contributed by atoms with Gasteiger partial charge in [0.05, 0.1) is 0 Å². The third-order valence-electron chi connectivity index (χ3n) is 4.78. The van der Waals surface area contributed by atoms with Gasteiger partial charge in [0.2, 0.25) is 0 Å². The van der Waals surface area contributed by atoms with Crippen LogP contribution in [0, 0.1) is 5.82 Å². The van der Waals surface area contributed by atoms with E-state index in [2.05, 4.69) is 40.1 Å². The third kappa shape index (κ3) is 8.41. The zero-order valence-electron chi connectivity index (χ0n) is 16.3. The number of aliphatic carboxylic acids is 2. The fourth-order valence-corrected chi connectivity index (χ4v) is 3.19. The fourth-order valence-electron chi connectivity index (χ4n) is 3.19. The average molecular weight is 402 g/mol. The molecule has 0 amide bonds. The first-order valence-electron chi connectivity index (χ1n) is 9.64. The molecule has 0 bridgehead atoms. The van der Waals surface area contributed by atoms with Crippen molar-refractivity contribution in [2.24, 2.45) is 0 Å². The first-order chi connectivity index (χ1) is 14.0. The monoisotopic (exact) mass is 402 g/mol. The van der Waals surface area contributed by atoms with Gasteiger partial charge in [-0.1, -0.05) is 48.5 Å². The Morgan fingerprint density at radius 3 is 1.97 bits per heavy atom. The van der Waals surface area contributed by atoms with Crippen LogP contribution in [-0.4, -0.2) is 64.7 Å². The Bertz CT molecular complexity index is 765. The molecule has 0 aliphatic carbocycles. The molecule has 1 fully saturated rings. The Balaban J connectivity index is 0.000000438. The molecule has 2 N–H and O–H groups in total. The molecule has 2 aromatic carbocycles. The lowest BCUT2D eigenvalue weighted by atomic mass is 10.1. The zero-order chi connectivity index (χ0) is 21.1. The van der Waals surface area contributed by atoms with E-state index in [1.54, 1.807) is 12.1 Å². The summed E-state index contributed by atoms with van der Waals surface area (Å²) in [6.45, 7) is 6.11. The van der Waals surface area contributed by atoms with Gasteiger partial charge < -0.3 is 15.1 Å². The lowest BCUT2D eigenvalue weighted by Gasteiger charge is -2.34. The van der Waals surface area contributed by atoms with E-state index >= 15 is 0 Å². The second kappa shape index (κ2) is 11.9. The highest BCUT2D eigenvalue weighted by molar-refractivity contribution is 6.27. The van der Waals surface area contributed by atoms with Crippen LogP contribution in [0.1, 0.15) is 17.5 Å². The highest BCUT2D eigenvalue weighted by Crippen LogP contribution is 2.12. The van der Waals surface area contributed by atoms with Crippen molar-refractivity contribution in [3.63, 3.8) is 0 Å². The summed E-state index contributed by atoms with van der Waals surface area (Å²) in [5.74, 6) is -3.73. The van der Waals surface area contributed by atoms with Gasteiger partial charge in [0.25, 0.3) is 0 Å². The maximum atomic E-state index is 13.7. The fraction of sp³-hybridized carbons (Fsp3) is 0.364. The first-order valence-corrected chi connectivity index (χ1v) is 9.64. The highest BCUT2D eigenvalue weighted by atomic mass is 19.1. The van der Waals surface area contributed by atoms with Gasteiger partial charge >= 0.3 is 11.9 Å². The standard InChI is InChI=1S/C20H25FN2.C2H2O4/c21-20-11-5-4-10-19(20)17-23-15-13-22(14-16-23)12-6-9-18-7-2-1-3-8-18;3-1(4)2(5)6/h1-5,7-8,10-11H,6,9,12-17H2;(H,3,4)(H,5,6). The minimum atomic E-state index is -1.82. The number of carboxylic acids is 2. The number of hydrogen-bond donors (Lipinski definition) is 2. The number of halogens is 1. The van der Waals surface area contributed by atoms with Crippen LogP contribution in [0.3, 0.4) is 0 Å². The Kier molecular flexibility index (Phi) is 9.27. The molecule has 6 nitrogen and oxygen atoms in total. The second-order valence-electron chi connectivity index (χ2n) is 6.91. The summed E-state index contributed by atoms with van der Waals surface area (Å²) in [6, 6.07) is 17.8. The summed E-state index contributed by atoms with van der Waals surface area (Å²) in [5.41, 5.74) is 2.23. The van der Waals surface area contributed by atoms with Crippen molar-refractivity contribution in [3.8, 4) is 0 Å². The molecule has 0 spiro atoms. The minimum Gasteiger partial charge on any atom is -0.473 e. The number of rotatable bonds is 6. The van der Waals surface area contributed by atoms with E-state index in [0.717, 1.165) is 51.3 Å². The van der Waals surface area contributed by atoms with Crippen LogP contribution >= 0.6 is 0 Å². The van der Waals surface area contributed by atoms with Crippen LogP contribution < -0.4 is 0 Å². The molecule has 0 aromatic heterocycles. The van der Waals surface area contributed by atoms with Gasteiger partial charge in [0.1, 0.15) is 5.82 Å². The van der Waals surface area contributed by atoms with E-state index < -0.39 is 11.9 Å². The molecule has 0 unspecified atom stereocenters. The number of piperazine rings is 1. The maximum absolute atomic E-state index is 13.7. The van der Waals surface area contributed by atoms with Crippen LogP contribution in [0.2, 0.25) is 0 Å². The predicted octanol–water partition coefficient (Wildman–Crippen LogP) is 2.73. The molecule has 156 valence electrons. The van der Waals surface area contributed by atoms with Gasteiger partial charge in [-0.3, -0.25) is 4.90 Å². The van der Waals surface area contributed by atoms with Gasteiger partial charge in [0.15, 0.2) is 0 Å². The van der Waals surface area contributed by atoms with Crippen LogP contribution in [0.25, 0.3) is 0 Å². The largest absolute Gasteiger partial charge is 0.473 e. The summed E-state index contributed by atoms with van der Waals surface area (Å²) in [7, 11) is 0. The van der Waals surface area contributed by atoms with E-state index in [1.807, 2.05) is 12.1 Å². The quantitative estimate of drug-likeness (QED) is 0.723. The molecule has 0 atom stereocenters. The van der Waals surface area contributed by atoms with Crippen LogP contribution in [0.4, 0.5) is 4.39 Å². The van der Waals surface area contributed by atoms with Gasteiger partial charge in [-0.05, 0) is 31.0 Å². The lowest BCUT2D eigenvalue weighted by Crippen LogP contribution is -2.46. The summed E-state index contributed by atoms with van der Waals surface area (Å²) < 4.78 is 13.7. The van der Waals surface area contributed by atoms with Crippen LogP contribution in [0.5, 0.6) is 0 Å². The number of benzene rings is 2. The van der Waals surface area contributed by atoms with E-state index in [9.17, 15) is 4.39 Å². The summed E-state index contributed by atoms with van der Waals surface area (Å²) in [4.78, 5) is 23.1. The molecule has 0 radical (unpaired) electrons. The molecule has 2 aromatic rings. The Morgan fingerprint density at radius 1 is 0.828 bits per heavy atom. The third-order valence-corrected chi connectivity index (χ3v) is 4.78. The summed E-state index contributed by atoms with van der Waals surface area (Å²) >= 11 is 0. The van der Waals surface area contributed by atoms with E-state index in [-0.39, 0.29) is 5.82 Å². The Labute approximate surface area is 170 Å². The summed E-state index contributed by atoms with van der Waals surface area (Å²) in [5, 5.41) is 14.8. The topological polar surface area (TPSA) is 81.1 Å². The molecule has 1 aliphatic heterocycles. The summed E-state index contributed by atoms with van der Waals surface area (Å²) in [6.07, 6.45) is 2.35. The minimum absolute atomic E-state index is 0.0854. The normalized spacial score (nSPS) is 14.7. The SMILES string of the molecule is Fc1ccccc1CN1CCN(CCCc2ccccc2)CC1.O=C(O)C(=O)O. The number of nitrogens with zero attached hydrogens (tertiary/aromatic N) is 2.